The van der Waals surface area contributed by atoms with Gasteiger partial charge in [-0.05, 0) is 84.3 Å². The lowest BCUT2D eigenvalue weighted by molar-refractivity contribution is -0.295. The molecular formula is C49H71NO12. The minimum absolute atomic E-state index is 0.0962. The largest absolute Gasteiger partial charge is 0.462 e. The Morgan fingerprint density at radius 2 is 1.26 bits per heavy atom. The van der Waals surface area contributed by atoms with Crippen LogP contribution in [0.4, 0.5) is 0 Å². The van der Waals surface area contributed by atoms with Gasteiger partial charge in [-0.2, -0.15) is 0 Å². The third-order valence-corrected chi connectivity index (χ3v) is 13.3. The van der Waals surface area contributed by atoms with Crippen LogP contribution in [0, 0.1) is 35.5 Å². The SMILES string of the molecule is CCC1C[C@H](O)[C@@H](C)C(=O)[C@H](C)CC(C)[C@H](OC2OC(C)CC(N(C)C)[C@H]2OC(=O)c2ccccc2)C(C)C(O[C@H]2CC(C)[C@@H](OC(=O)c3ccccc3)C(C)O2)C(C)C(=O)O1. The van der Waals surface area contributed by atoms with Gasteiger partial charge in [0.2, 0.25) is 0 Å². The van der Waals surface area contributed by atoms with Gasteiger partial charge in [-0.15, -0.1) is 0 Å². The molecule has 62 heavy (non-hydrogen) atoms. The molecule has 3 heterocycles. The lowest BCUT2D eigenvalue weighted by Gasteiger charge is -2.46. The predicted octanol–water partition coefficient (Wildman–Crippen LogP) is 7.27. The highest BCUT2D eigenvalue weighted by Crippen LogP contribution is 2.38. The molecule has 1 N–H and O–H groups in total. The number of ether oxygens (including phenoxy) is 7. The summed E-state index contributed by atoms with van der Waals surface area (Å²) < 4.78 is 45.4. The highest BCUT2D eigenvalue weighted by atomic mass is 16.7. The van der Waals surface area contributed by atoms with Crippen molar-refractivity contribution in [3.8, 4) is 0 Å². The molecule has 0 bridgehead atoms. The van der Waals surface area contributed by atoms with Crippen molar-refractivity contribution in [2.75, 3.05) is 14.1 Å². The number of carbonyl (C=O) groups excluding carboxylic acids is 4. The molecule has 13 heteroatoms. The summed E-state index contributed by atoms with van der Waals surface area (Å²) in [6, 6.07) is 17.3. The Labute approximate surface area is 368 Å². The maximum Gasteiger partial charge on any atom is 0.338 e. The van der Waals surface area contributed by atoms with E-state index in [0.29, 0.717) is 36.8 Å². The van der Waals surface area contributed by atoms with E-state index in [-0.39, 0.29) is 36.2 Å². The lowest BCUT2D eigenvalue weighted by atomic mass is 9.78. The van der Waals surface area contributed by atoms with Gasteiger partial charge in [-0.3, -0.25) is 9.59 Å². The molecular weight excluding hydrogens is 795 g/mol. The highest BCUT2D eigenvalue weighted by molar-refractivity contribution is 5.90. The van der Waals surface area contributed by atoms with Crippen molar-refractivity contribution in [3.63, 3.8) is 0 Å². The monoisotopic (exact) mass is 865 g/mol. The van der Waals surface area contributed by atoms with Gasteiger partial charge >= 0.3 is 17.9 Å². The van der Waals surface area contributed by atoms with Crippen molar-refractivity contribution in [1.82, 2.24) is 4.90 Å². The van der Waals surface area contributed by atoms with Gasteiger partial charge in [0.1, 0.15) is 18.0 Å². The molecule has 3 aliphatic heterocycles. The maximum atomic E-state index is 14.3. The molecule has 0 saturated carbocycles. The number of hydrogen-bond donors (Lipinski definition) is 1. The fourth-order valence-corrected chi connectivity index (χ4v) is 9.48. The summed E-state index contributed by atoms with van der Waals surface area (Å²) >= 11 is 0. The molecule has 0 spiro atoms. The van der Waals surface area contributed by atoms with Crippen LogP contribution in [-0.2, 0) is 42.7 Å². The number of aliphatic hydroxyl groups is 1. The molecule has 0 aliphatic carbocycles. The van der Waals surface area contributed by atoms with Gasteiger partial charge in [-0.25, -0.2) is 9.59 Å². The van der Waals surface area contributed by atoms with Crippen LogP contribution in [0.15, 0.2) is 60.7 Å². The van der Waals surface area contributed by atoms with Crippen molar-refractivity contribution < 1.29 is 57.4 Å². The number of nitrogens with zero attached hydrogens (tertiary/aromatic N) is 1. The average Bonchev–Trinajstić information content (AvgIpc) is 3.25. The van der Waals surface area contributed by atoms with Crippen LogP contribution in [-0.4, -0.2) is 115 Å². The zero-order valence-corrected chi connectivity index (χ0v) is 38.5. The first-order valence-corrected chi connectivity index (χ1v) is 22.6. The van der Waals surface area contributed by atoms with Crippen LogP contribution in [0.25, 0.3) is 0 Å². The number of likely N-dealkylation sites (N-methyl/N-ethyl adjacent to an activating group) is 1. The lowest BCUT2D eigenvalue weighted by Crippen LogP contribution is -2.58. The van der Waals surface area contributed by atoms with Crippen LogP contribution >= 0.6 is 0 Å². The summed E-state index contributed by atoms with van der Waals surface area (Å²) in [6.07, 6.45) is -5.36. The van der Waals surface area contributed by atoms with Crippen LogP contribution in [0.2, 0.25) is 0 Å². The van der Waals surface area contributed by atoms with E-state index in [4.69, 9.17) is 33.2 Å². The molecule has 0 radical (unpaired) electrons. The van der Waals surface area contributed by atoms with Gasteiger partial charge in [0.05, 0.1) is 53.6 Å². The van der Waals surface area contributed by atoms with Crippen molar-refractivity contribution in [2.45, 2.75) is 162 Å². The van der Waals surface area contributed by atoms with Gasteiger partial charge in [0, 0.05) is 36.5 Å². The van der Waals surface area contributed by atoms with Gasteiger partial charge in [-0.1, -0.05) is 77.9 Å². The quantitative estimate of drug-likeness (QED) is 0.188. The van der Waals surface area contributed by atoms with Gasteiger partial charge in [0.15, 0.2) is 18.7 Å². The standard InChI is InChI=1S/C49H71NO12/c1-12-37-26-39(51)31(6)41(52)27(2)23-28(3)42(62-49-45(38(50(10)11)25-30(5)56-49)61-48(55)36-21-17-14-18-22-36)32(7)44(33(8)46(53)58-37)59-40-24-29(4)43(34(9)57-40)60-47(54)35-19-15-13-16-20-35/h13-22,27-34,37-40,42-45,49,51H,12,23-26H2,1-11H3/t27-,28?,29?,30?,31-,32?,33?,34?,37?,38?,39+,40+,42+,43-,44?,45-,49?/m1/s1. The number of Topliss-reactive ketones (excluding diaryl/α,β-unsaturated/α-hetero) is 1. The smallest absolute Gasteiger partial charge is 0.338 e. The number of rotatable bonds is 10. The number of ketones is 1. The number of hydrogen-bond acceptors (Lipinski definition) is 13. The third kappa shape index (κ3) is 12.3. The Hall–Kier alpha value is -3.72. The van der Waals surface area contributed by atoms with E-state index in [1.807, 2.05) is 79.6 Å². The molecule has 344 valence electrons. The summed E-state index contributed by atoms with van der Waals surface area (Å²) in [7, 11) is 3.86. The van der Waals surface area contributed by atoms with E-state index in [1.165, 1.54) is 0 Å². The predicted molar refractivity (Wildman–Crippen MR) is 232 cm³/mol. The number of cyclic esters (lactones) is 1. The molecule has 3 saturated heterocycles. The number of aliphatic hydroxyl groups excluding tert-OH is 1. The summed E-state index contributed by atoms with van der Waals surface area (Å²) in [4.78, 5) is 57.0. The summed E-state index contributed by atoms with van der Waals surface area (Å²) in [5.41, 5.74) is 0.838. The van der Waals surface area contributed by atoms with E-state index in [2.05, 4.69) is 0 Å². The van der Waals surface area contributed by atoms with E-state index in [9.17, 15) is 24.3 Å². The molecule has 5 rings (SSSR count). The molecule has 2 aromatic carbocycles. The molecule has 17 atom stereocenters. The Morgan fingerprint density at radius 1 is 0.694 bits per heavy atom. The summed E-state index contributed by atoms with van der Waals surface area (Å²) in [6.45, 7) is 17.0. The van der Waals surface area contributed by atoms with Crippen molar-refractivity contribution in [3.05, 3.63) is 71.8 Å². The van der Waals surface area contributed by atoms with E-state index in [0.717, 1.165) is 0 Å². The second kappa shape index (κ2) is 22.3. The number of esters is 3. The average molecular weight is 866 g/mol. The highest BCUT2D eigenvalue weighted by Gasteiger charge is 2.48. The van der Waals surface area contributed by atoms with Gasteiger partial charge in [0.25, 0.3) is 0 Å². The molecule has 3 aliphatic rings. The fourth-order valence-electron chi connectivity index (χ4n) is 9.48. The van der Waals surface area contributed by atoms with E-state index < -0.39 is 96.9 Å². The Bertz CT molecular complexity index is 1750. The molecule has 13 nitrogen and oxygen atoms in total. The Balaban J connectivity index is 1.51. The van der Waals surface area contributed by atoms with E-state index in [1.54, 1.807) is 62.4 Å². The van der Waals surface area contributed by atoms with Crippen molar-refractivity contribution in [1.29, 1.82) is 0 Å². The van der Waals surface area contributed by atoms with Crippen LogP contribution in [0.5, 0.6) is 0 Å². The van der Waals surface area contributed by atoms with Crippen molar-refractivity contribution in [2.24, 2.45) is 35.5 Å². The van der Waals surface area contributed by atoms with E-state index >= 15 is 0 Å². The topological polar surface area (TPSA) is 156 Å². The Morgan fingerprint density at radius 3 is 1.81 bits per heavy atom. The van der Waals surface area contributed by atoms with Crippen LogP contribution in [0.1, 0.15) is 115 Å². The molecule has 0 aromatic heterocycles. The normalized spacial score (nSPS) is 37.8. The minimum atomic E-state index is -1.03. The summed E-state index contributed by atoms with van der Waals surface area (Å²) in [5, 5.41) is 11.3. The number of carbonyl (C=O) groups is 4. The first kappa shape index (κ1) is 49.3. The third-order valence-electron chi connectivity index (χ3n) is 13.3. The second-order valence-corrected chi connectivity index (χ2v) is 18.5. The first-order valence-electron chi connectivity index (χ1n) is 22.6. The van der Waals surface area contributed by atoms with Crippen LogP contribution < -0.4 is 0 Å². The fraction of sp³-hybridized carbons (Fsp3) is 0.673. The summed E-state index contributed by atoms with van der Waals surface area (Å²) in [5.74, 6) is -4.60. The number of benzene rings is 2. The molecule has 0 amide bonds. The Kier molecular flexibility index (Phi) is 17.7. The zero-order valence-electron chi connectivity index (χ0n) is 38.5. The van der Waals surface area contributed by atoms with Crippen LogP contribution in [0.3, 0.4) is 0 Å². The molecule has 3 fully saturated rings. The minimum Gasteiger partial charge on any atom is -0.462 e. The maximum absolute atomic E-state index is 14.3. The molecule has 10 unspecified atom stereocenters. The van der Waals surface area contributed by atoms with Crippen molar-refractivity contribution >= 4 is 23.7 Å². The second-order valence-electron chi connectivity index (χ2n) is 18.5. The zero-order chi connectivity index (χ0) is 45.4. The molecule has 2 aromatic rings. The van der Waals surface area contributed by atoms with Gasteiger partial charge < -0.3 is 43.2 Å². The first-order chi connectivity index (χ1) is 29.4.